The van der Waals surface area contributed by atoms with Crippen molar-refractivity contribution in [1.29, 1.82) is 0 Å². The highest BCUT2D eigenvalue weighted by Crippen LogP contribution is 2.20. The van der Waals surface area contributed by atoms with Crippen LogP contribution in [-0.2, 0) is 6.54 Å². The fourth-order valence-corrected chi connectivity index (χ4v) is 2.78. The highest BCUT2D eigenvalue weighted by molar-refractivity contribution is 5.94. The molecular formula is C22H30FN3O2. The Morgan fingerprint density at radius 3 is 2.50 bits per heavy atom. The largest absolute Gasteiger partial charge is 0.395 e. The second kappa shape index (κ2) is 10.9. The first-order chi connectivity index (χ1) is 13.5. The highest BCUT2D eigenvalue weighted by Gasteiger charge is 2.14. The molecule has 28 heavy (non-hydrogen) atoms. The molecule has 6 heteroatoms. The number of aromatic nitrogens is 1. The number of unbranched alkanes of at least 4 members (excludes halogenated alkanes) is 1. The number of rotatable bonds is 10. The fourth-order valence-electron chi connectivity index (χ4n) is 2.78. The van der Waals surface area contributed by atoms with Crippen LogP contribution in [-0.4, -0.2) is 35.2 Å². The van der Waals surface area contributed by atoms with Gasteiger partial charge >= 0.3 is 0 Å². The predicted molar refractivity (Wildman–Crippen MR) is 109 cm³/mol. The van der Waals surface area contributed by atoms with E-state index in [2.05, 4.69) is 22.5 Å². The number of carbonyl (C=O) groups is 1. The predicted octanol–water partition coefficient (Wildman–Crippen LogP) is 3.52. The summed E-state index contributed by atoms with van der Waals surface area (Å²) in [5, 5.41) is 15.4. The zero-order chi connectivity index (χ0) is 20.5. The number of benzene rings is 1. The van der Waals surface area contributed by atoms with Gasteiger partial charge in [0.2, 0.25) is 0 Å². The Labute approximate surface area is 166 Å². The number of nitrogens with zero attached hydrogens (tertiary/aromatic N) is 1. The third kappa shape index (κ3) is 6.11. The molecule has 1 aromatic heterocycles. The fraction of sp³-hybridized carbons (Fsp3) is 0.455. The van der Waals surface area contributed by atoms with Gasteiger partial charge in [-0.1, -0.05) is 39.3 Å². The van der Waals surface area contributed by atoms with Crippen molar-refractivity contribution in [2.75, 3.05) is 13.2 Å². The van der Waals surface area contributed by atoms with Gasteiger partial charge in [0.15, 0.2) is 0 Å². The number of halogens is 1. The number of amides is 1. The molecule has 3 N–H and O–H groups in total. The van der Waals surface area contributed by atoms with Crippen molar-refractivity contribution in [3.63, 3.8) is 0 Å². The van der Waals surface area contributed by atoms with Crippen LogP contribution in [0.15, 0.2) is 36.4 Å². The summed E-state index contributed by atoms with van der Waals surface area (Å²) in [6.45, 7) is 6.95. The summed E-state index contributed by atoms with van der Waals surface area (Å²) < 4.78 is 14.1. The summed E-state index contributed by atoms with van der Waals surface area (Å²) in [6, 6.07) is 10.0. The molecule has 0 aliphatic rings. The van der Waals surface area contributed by atoms with E-state index in [1.165, 1.54) is 6.07 Å². The molecule has 1 amide bonds. The van der Waals surface area contributed by atoms with E-state index < -0.39 is 0 Å². The van der Waals surface area contributed by atoms with Crippen LogP contribution in [0.1, 0.15) is 49.7 Å². The van der Waals surface area contributed by atoms with Gasteiger partial charge in [-0.25, -0.2) is 9.37 Å². The first kappa shape index (κ1) is 22.0. The molecule has 1 atom stereocenters. The van der Waals surface area contributed by atoms with E-state index in [1.807, 2.05) is 26.0 Å². The van der Waals surface area contributed by atoms with Gasteiger partial charge in [0, 0.05) is 30.3 Å². The van der Waals surface area contributed by atoms with Crippen molar-refractivity contribution in [1.82, 2.24) is 15.6 Å². The van der Waals surface area contributed by atoms with Gasteiger partial charge in [0.05, 0.1) is 18.0 Å². The van der Waals surface area contributed by atoms with Crippen molar-refractivity contribution >= 4 is 5.91 Å². The molecule has 5 nitrogen and oxygen atoms in total. The van der Waals surface area contributed by atoms with E-state index in [4.69, 9.17) is 0 Å². The molecule has 0 spiro atoms. The number of aliphatic hydroxyl groups excluding tert-OH is 1. The Morgan fingerprint density at radius 2 is 1.89 bits per heavy atom. The van der Waals surface area contributed by atoms with Crippen LogP contribution in [0.3, 0.4) is 0 Å². The molecule has 0 saturated heterocycles. The van der Waals surface area contributed by atoms with Gasteiger partial charge in [-0.05, 0) is 36.6 Å². The second-order valence-electron chi connectivity index (χ2n) is 7.23. The quantitative estimate of drug-likeness (QED) is 0.545. The number of nitrogens with one attached hydrogen (secondary N) is 2. The van der Waals surface area contributed by atoms with E-state index in [0.717, 1.165) is 18.4 Å². The summed E-state index contributed by atoms with van der Waals surface area (Å²) >= 11 is 0. The minimum Gasteiger partial charge on any atom is -0.395 e. The summed E-state index contributed by atoms with van der Waals surface area (Å²) in [5.41, 5.74) is 2.35. The SMILES string of the molecule is CCCCNC(=O)c1ccc(-c2ccc(F)c(CN[C@@H](CO)C(C)C)n2)cc1. The minimum atomic E-state index is -0.386. The molecular weight excluding hydrogens is 357 g/mol. The summed E-state index contributed by atoms with van der Waals surface area (Å²) in [5.74, 6) is -0.253. The third-order valence-electron chi connectivity index (χ3n) is 4.71. The molecule has 1 aromatic carbocycles. The van der Waals surface area contributed by atoms with E-state index in [1.54, 1.807) is 18.2 Å². The lowest BCUT2D eigenvalue weighted by molar-refractivity contribution is 0.0953. The molecule has 0 bridgehead atoms. The Morgan fingerprint density at radius 1 is 1.18 bits per heavy atom. The summed E-state index contributed by atoms with van der Waals surface area (Å²) in [6.07, 6.45) is 1.98. The van der Waals surface area contributed by atoms with E-state index >= 15 is 0 Å². The Hall–Kier alpha value is -2.31. The van der Waals surface area contributed by atoms with Crippen molar-refractivity contribution < 1.29 is 14.3 Å². The van der Waals surface area contributed by atoms with Crippen LogP contribution < -0.4 is 10.6 Å². The second-order valence-corrected chi connectivity index (χ2v) is 7.23. The van der Waals surface area contributed by atoms with E-state index in [-0.39, 0.29) is 36.8 Å². The van der Waals surface area contributed by atoms with Crippen LogP contribution in [0.25, 0.3) is 11.3 Å². The average molecular weight is 387 g/mol. The maximum absolute atomic E-state index is 14.1. The molecule has 0 fully saturated rings. The smallest absolute Gasteiger partial charge is 0.251 e. The van der Waals surface area contributed by atoms with Gasteiger partial charge in [0.25, 0.3) is 5.91 Å². The van der Waals surface area contributed by atoms with Crippen molar-refractivity contribution in [2.24, 2.45) is 5.92 Å². The van der Waals surface area contributed by atoms with Crippen LogP contribution in [0.5, 0.6) is 0 Å². The number of hydrogen-bond donors (Lipinski definition) is 3. The topological polar surface area (TPSA) is 74.2 Å². The minimum absolute atomic E-state index is 0.0131. The zero-order valence-electron chi connectivity index (χ0n) is 16.8. The molecule has 0 radical (unpaired) electrons. The number of carbonyl (C=O) groups excluding carboxylic acids is 1. The van der Waals surface area contributed by atoms with Crippen LogP contribution in [0.4, 0.5) is 4.39 Å². The first-order valence-electron chi connectivity index (χ1n) is 9.84. The van der Waals surface area contributed by atoms with Crippen LogP contribution in [0.2, 0.25) is 0 Å². The maximum Gasteiger partial charge on any atom is 0.251 e. The van der Waals surface area contributed by atoms with Crippen molar-refractivity contribution in [2.45, 2.75) is 46.2 Å². The zero-order valence-corrected chi connectivity index (χ0v) is 16.8. The van der Waals surface area contributed by atoms with Gasteiger partial charge in [-0.2, -0.15) is 0 Å². The number of aliphatic hydroxyl groups is 1. The first-order valence-corrected chi connectivity index (χ1v) is 9.84. The average Bonchev–Trinajstić information content (AvgIpc) is 2.69. The molecule has 152 valence electrons. The third-order valence-corrected chi connectivity index (χ3v) is 4.71. The van der Waals surface area contributed by atoms with Crippen molar-refractivity contribution in [3.05, 3.63) is 53.5 Å². The van der Waals surface area contributed by atoms with Crippen molar-refractivity contribution in [3.8, 4) is 11.3 Å². The molecule has 0 unspecified atom stereocenters. The Balaban J connectivity index is 2.09. The Bertz CT molecular complexity index is 763. The number of hydrogen-bond acceptors (Lipinski definition) is 4. The molecule has 0 aliphatic heterocycles. The summed E-state index contributed by atoms with van der Waals surface area (Å²) in [4.78, 5) is 16.5. The van der Waals surface area contributed by atoms with Gasteiger partial charge in [-0.15, -0.1) is 0 Å². The molecule has 0 saturated carbocycles. The molecule has 2 rings (SSSR count). The monoisotopic (exact) mass is 387 g/mol. The van der Waals surface area contributed by atoms with Gasteiger partial charge < -0.3 is 15.7 Å². The van der Waals surface area contributed by atoms with E-state index in [9.17, 15) is 14.3 Å². The standard InChI is InChI=1S/C22H30FN3O2/c1-4-5-12-24-22(28)17-8-6-16(7-9-17)19-11-10-18(23)20(26-19)13-25-21(14-27)15(2)3/h6-11,15,21,25,27H,4-5,12-14H2,1-3H3,(H,24,28)/t21-/m0/s1. The normalized spacial score (nSPS) is 12.2. The van der Waals surface area contributed by atoms with Gasteiger partial charge in [0.1, 0.15) is 5.82 Å². The lowest BCUT2D eigenvalue weighted by Crippen LogP contribution is -2.36. The molecule has 2 aromatic rings. The lowest BCUT2D eigenvalue weighted by Gasteiger charge is -2.20. The maximum atomic E-state index is 14.1. The van der Waals surface area contributed by atoms with Crippen LogP contribution >= 0.6 is 0 Å². The number of pyridine rings is 1. The van der Waals surface area contributed by atoms with Gasteiger partial charge in [-0.3, -0.25) is 4.79 Å². The summed E-state index contributed by atoms with van der Waals surface area (Å²) in [7, 11) is 0. The highest BCUT2D eigenvalue weighted by atomic mass is 19.1. The van der Waals surface area contributed by atoms with Crippen LogP contribution in [0, 0.1) is 11.7 Å². The van der Waals surface area contributed by atoms with E-state index in [0.29, 0.717) is 23.5 Å². The molecule has 1 heterocycles. The molecule has 0 aliphatic carbocycles. The lowest BCUT2D eigenvalue weighted by atomic mass is 10.1. The Kier molecular flexibility index (Phi) is 8.54.